The maximum atomic E-state index is 12.3. The number of nitrogens with zero attached hydrogens (tertiary/aromatic N) is 2. The van der Waals surface area contributed by atoms with Gasteiger partial charge in [0, 0.05) is 5.70 Å². The predicted octanol–water partition coefficient (Wildman–Crippen LogP) is 4.38. The largest absolute Gasteiger partial charge is 0.423 e. The predicted molar refractivity (Wildman–Crippen MR) is 114 cm³/mol. The molecule has 2 aromatic rings. The van der Waals surface area contributed by atoms with Gasteiger partial charge in [-0.05, 0) is 55.2 Å². The summed E-state index contributed by atoms with van der Waals surface area (Å²) in [5.74, 6) is -0.362. The number of esters is 1. The van der Waals surface area contributed by atoms with Gasteiger partial charge in [0.1, 0.15) is 11.6 Å². The van der Waals surface area contributed by atoms with Gasteiger partial charge in [-0.1, -0.05) is 41.6 Å². The number of rotatable bonds is 3. The van der Waals surface area contributed by atoms with Crippen LogP contribution < -0.4 is 4.74 Å². The Bertz CT molecular complexity index is 1130. The number of amidine groups is 2. The van der Waals surface area contributed by atoms with Crippen molar-refractivity contribution in [3.8, 4) is 5.75 Å². The van der Waals surface area contributed by atoms with E-state index in [-0.39, 0.29) is 11.4 Å². The molecule has 0 bridgehead atoms. The summed E-state index contributed by atoms with van der Waals surface area (Å²) in [6.07, 6.45) is 1.62. The molecule has 4 rings (SSSR count). The Morgan fingerprint density at radius 3 is 2.66 bits per heavy atom. The average Bonchev–Trinajstić information content (AvgIpc) is 3.07. The standard InChI is InChI=1S/C22H17N3O3S/c1-13-4-3-5-16(10-13)21(27)28-17-8-6-15(7-9-17)11-18-19(23)25-14(2)12-29-22(25)24-20(18)26/h3-12,23H,1-2H3/b18-11-,23-19?. The smallest absolute Gasteiger partial charge is 0.343 e. The Balaban J connectivity index is 1.52. The molecule has 0 radical (unpaired) electrons. The van der Waals surface area contributed by atoms with E-state index in [0.29, 0.717) is 22.0 Å². The quantitative estimate of drug-likeness (QED) is 0.467. The fraction of sp³-hybridized carbons (Fsp3) is 0.0909. The molecular formula is C22H17N3O3S. The molecule has 2 aliphatic heterocycles. The Kier molecular flexibility index (Phi) is 4.90. The number of allylic oxidation sites excluding steroid dienone is 1. The van der Waals surface area contributed by atoms with Crippen LogP contribution in [0.2, 0.25) is 0 Å². The minimum absolute atomic E-state index is 0.105. The third kappa shape index (κ3) is 3.77. The zero-order valence-corrected chi connectivity index (χ0v) is 16.6. The summed E-state index contributed by atoms with van der Waals surface area (Å²) in [6.45, 7) is 3.78. The number of carbonyl (C=O) groups excluding carboxylic acids is 2. The van der Waals surface area contributed by atoms with E-state index in [1.807, 2.05) is 25.3 Å². The van der Waals surface area contributed by atoms with Crippen molar-refractivity contribution in [3.05, 3.63) is 81.9 Å². The zero-order valence-electron chi connectivity index (χ0n) is 15.8. The van der Waals surface area contributed by atoms with E-state index in [1.54, 1.807) is 53.4 Å². The normalized spacial score (nSPS) is 17.2. The molecular weight excluding hydrogens is 386 g/mol. The number of aliphatic imine (C=N–C) groups is 1. The number of benzene rings is 2. The van der Waals surface area contributed by atoms with E-state index in [4.69, 9.17) is 10.1 Å². The minimum atomic E-state index is -0.438. The molecule has 2 aromatic carbocycles. The maximum absolute atomic E-state index is 12.3. The van der Waals surface area contributed by atoms with Gasteiger partial charge in [0.15, 0.2) is 5.17 Å². The Hall–Kier alpha value is -3.45. The number of carbonyl (C=O) groups is 2. The van der Waals surface area contributed by atoms with E-state index in [0.717, 1.165) is 11.3 Å². The van der Waals surface area contributed by atoms with E-state index in [9.17, 15) is 9.59 Å². The lowest BCUT2D eigenvalue weighted by atomic mass is 10.1. The van der Waals surface area contributed by atoms with Crippen LogP contribution in [0.5, 0.6) is 5.75 Å². The summed E-state index contributed by atoms with van der Waals surface area (Å²) in [4.78, 5) is 30.3. The number of amides is 1. The first-order valence-corrected chi connectivity index (χ1v) is 9.76. The SMILES string of the molecule is CC1=CSC2=NC(=O)/C(=C\c3ccc(OC(=O)c4cccc(C)c4)cc3)C(=N)N12. The van der Waals surface area contributed by atoms with Crippen molar-refractivity contribution in [1.82, 2.24) is 4.90 Å². The molecule has 0 spiro atoms. The Labute approximate surface area is 172 Å². The van der Waals surface area contributed by atoms with Crippen molar-refractivity contribution >= 4 is 40.7 Å². The summed E-state index contributed by atoms with van der Waals surface area (Å²) in [6, 6.07) is 14.0. The molecule has 1 amide bonds. The van der Waals surface area contributed by atoms with Gasteiger partial charge < -0.3 is 4.74 Å². The monoisotopic (exact) mass is 403 g/mol. The first-order valence-electron chi connectivity index (χ1n) is 8.88. The molecule has 1 N–H and O–H groups in total. The number of thioether (sulfide) groups is 1. The fourth-order valence-corrected chi connectivity index (χ4v) is 3.84. The second-order valence-corrected chi connectivity index (χ2v) is 7.48. The van der Waals surface area contributed by atoms with Gasteiger partial charge in [-0.2, -0.15) is 4.99 Å². The number of nitrogens with one attached hydrogen (secondary N) is 1. The molecule has 0 atom stereocenters. The van der Waals surface area contributed by atoms with E-state index >= 15 is 0 Å². The highest BCUT2D eigenvalue weighted by molar-refractivity contribution is 8.16. The molecule has 2 heterocycles. The van der Waals surface area contributed by atoms with Crippen LogP contribution in [0.4, 0.5) is 0 Å². The minimum Gasteiger partial charge on any atom is -0.423 e. The molecule has 0 fully saturated rings. The van der Waals surface area contributed by atoms with Crippen LogP contribution >= 0.6 is 11.8 Å². The highest BCUT2D eigenvalue weighted by Crippen LogP contribution is 2.32. The van der Waals surface area contributed by atoms with Crippen molar-refractivity contribution in [2.24, 2.45) is 4.99 Å². The van der Waals surface area contributed by atoms with Crippen molar-refractivity contribution in [1.29, 1.82) is 5.41 Å². The summed E-state index contributed by atoms with van der Waals surface area (Å²) in [5.41, 5.74) is 3.25. The number of fused-ring (bicyclic) bond motifs is 1. The highest BCUT2D eigenvalue weighted by atomic mass is 32.2. The van der Waals surface area contributed by atoms with Crippen LogP contribution in [0.25, 0.3) is 6.08 Å². The molecule has 29 heavy (non-hydrogen) atoms. The molecule has 0 aromatic heterocycles. The fourth-order valence-electron chi connectivity index (χ4n) is 2.98. The Morgan fingerprint density at radius 2 is 1.93 bits per heavy atom. The van der Waals surface area contributed by atoms with Crippen LogP contribution in [-0.4, -0.2) is 27.8 Å². The number of hydrogen-bond donors (Lipinski definition) is 1. The van der Waals surface area contributed by atoms with Crippen LogP contribution in [0.1, 0.15) is 28.4 Å². The summed E-state index contributed by atoms with van der Waals surface area (Å²) in [7, 11) is 0. The van der Waals surface area contributed by atoms with Crippen molar-refractivity contribution in [2.75, 3.05) is 0 Å². The van der Waals surface area contributed by atoms with Gasteiger partial charge in [-0.25, -0.2) is 4.79 Å². The van der Waals surface area contributed by atoms with Crippen LogP contribution in [0, 0.1) is 12.3 Å². The summed E-state index contributed by atoms with van der Waals surface area (Å²) in [5, 5.41) is 10.7. The summed E-state index contributed by atoms with van der Waals surface area (Å²) >= 11 is 1.33. The lowest BCUT2D eigenvalue weighted by Crippen LogP contribution is -2.37. The highest BCUT2D eigenvalue weighted by Gasteiger charge is 2.33. The maximum Gasteiger partial charge on any atom is 0.343 e. The van der Waals surface area contributed by atoms with Gasteiger partial charge in [-0.15, -0.1) is 0 Å². The summed E-state index contributed by atoms with van der Waals surface area (Å²) < 4.78 is 5.40. The zero-order chi connectivity index (χ0) is 20.5. The molecule has 2 aliphatic rings. The molecule has 6 nitrogen and oxygen atoms in total. The Morgan fingerprint density at radius 1 is 1.17 bits per heavy atom. The van der Waals surface area contributed by atoms with E-state index in [2.05, 4.69) is 4.99 Å². The van der Waals surface area contributed by atoms with Gasteiger partial charge >= 0.3 is 5.97 Å². The van der Waals surface area contributed by atoms with E-state index < -0.39 is 11.9 Å². The van der Waals surface area contributed by atoms with Crippen molar-refractivity contribution < 1.29 is 14.3 Å². The molecule has 0 saturated carbocycles. The molecule has 144 valence electrons. The number of hydrogen-bond acceptors (Lipinski definition) is 5. The first kappa shape index (κ1) is 18.9. The topological polar surface area (TPSA) is 82.8 Å². The lowest BCUT2D eigenvalue weighted by molar-refractivity contribution is -0.114. The second-order valence-electron chi connectivity index (χ2n) is 6.65. The van der Waals surface area contributed by atoms with E-state index in [1.165, 1.54) is 11.8 Å². The number of ether oxygens (including phenoxy) is 1. The molecule has 0 saturated heterocycles. The third-order valence-electron chi connectivity index (χ3n) is 4.44. The van der Waals surface area contributed by atoms with Crippen LogP contribution in [-0.2, 0) is 4.79 Å². The third-order valence-corrected chi connectivity index (χ3v) is 5.38. The molecule has 7 heteroatoms. The number of aryl methyl sites for hydroxylation is 1. The second kappa shape index (κ2) is 7.52. The van der Waals surface area contributed by atoms with Gasteiger partial charge in [0.2, 0.25) is 0 Å². The molecule has 0 aliphatic carbocycles. The van der Waals surface area contributed by atoms with Crippen molar-refractivity contribution in [3.63, 3.8) is 0 Å². The van der Waals surface area contributed by atoms with Gasteiger partial charge in [-0.3, -0.25) is 15.1 Å². The lowest BCUT2D eigenvalue weighted by Gasteiger charge is -2.25. The first-order chi connectivity index (χ1) is 13.9. The average molecular weight is 403 g/mol. The van der Waals surface area contributed by atoms with Gasteiger partial charge in [0.25, 0.3) is 5.91 Å². The van der Waals surface area contributed by atoms with Crippen molar-refractivity contribution in [2.45, 2.75) is 13.8 Å². The van der Waals surface area contributed by atoms with Gasteiger partial charge in [0.05, 0.1) is 11.1 Å². The molecule has 0 unspecified atom stereocenters. The van der Waals surface area contributed by atoms with Crippen LogP contribution in [0.3, 0.4) is 0 Å². The van der Waals surface area contributed by atoms with Crippen LogP contribution in [0.15, 0.2) is 70.2 Å².